The molecule has 0 fully saturated rings. The summed E-state index contributed by atoms with van der Waals surface area (Å²) in [4.78, 5) is 2.16. The van der Waals surface area contributed by atoms with E-state index >= 15 is 0 Å². The Hall–Kier alpha value is -0.690. The van der Waals surface area contributed by atoms with Gasteiger partial charge in [-0.25, -0.2) is 0 Å². The number of anilines is 1. The zero-order valence-electron chi connectivity index (χ0n) is 8.79. The Morgan fingerprint density at radius 1 is 1.23 bits per heavy atom. The largest absolute Gasteiger partial charge is 0.377 e. The normalized spacial score (nSPS) is 9.23. The summed E-state index contributed by atoms with van der Waals surface area (Å²) < 4.78 is 0. The summed E-state index contributed by atoms with van der Waals surface area (Å²) in [7, 11) is 4.17. The minimum Gasteiger partial charge on any atom is -0.377 e. The van der Waals surface area contributed by atoms with Crippen molar-refractivity contribution in [1.29, 1.82) is 0 Å². The summed E-state index contributed by atoms with van der Waals surface area (Å²) in [5, 5.41) is 0. The molecular weight excluding hydrogens is 182 g/mol. The summed E-state index contributed by atoms with van der Waals surface area (Å²) in [6.45, 7) is 4.38. The highest BCUT2D eigenvalue weighted by molar-refractivity contribution is 5.85. The molecule has 0 radical (unpaired) electrons. The van der Waals surface area contributed by atoms with Crippen LogP contribution < -0.4 is 4.90 Å². The Bertz CT molecular complexity index is 269. The second kappa shape index (κ2) is 5.13. The van der Waals surface area contributed by atoms with E-state index < -0.39 is 0 Å². The van der Waals surface area contributed by atoms with Gasteiger partial charge in [0.15, 0.2) is 0 Å². The van der Waals surface area contributed by atoms with Crippen molar-refractivity contribution >= 4 is 18.1 Å². The van der Waals surface area contributed by atoms with Gasteiger partial charge in [-0.15, -0.1) is 12.4 Å². The molecule has 0 spiro atoms. The average molecular weight is 200 g/mol. The molecule has 0 atom stereocenters. The lowest BCUT2D eigenvalue weighted by Crippen LogP contribution is -2.10. The van der Waals surface area contributed by atoms with E-state index in [1.54, 1.807) is 0 Å². The van der Waals surface area contributed by atoms with Crippen molar-refractivity contribution in [3.8, 4) is 0 Å². The maximum atomic E-state index is 2.20. The minimum absolute atomic E-state index is 0. The molecule has 0 N–H and O–H groups in total. The van der Waals surface area contributed by atoms with Crippen LogP contribution in [0.4, 0.5) is 5.69 Å². The zero-order valence-corrected chi connectivity index (χ0v) is 9.61. The Balaban J connectivity index is 0.00000144. The van der Waals surface area contributed by atoms with Gasteiger partial charge in [-0.2, -0.15) is 0 Å². The van der Waals surface area contributed by atoms with Crippen LogP contribution in [-0.4, -0.2) is 14.1 Å². The lowest BCUT2D eigenvalue weighted by atomic mass is 10.0. The van der Waals surface area contributed by atoms with Crippen LogP contribution in [0.25, 0.3) is 0 Å². The summed E-state index contributed by atoms with van der Waals surface area (Å²) in [6.07, 6.45) is 1.12. The predicted molar refractivity (Wildman–Crippen MR) is 62.1 cm³/mol. The fourth-order valence-corrected chi connectivity index (χ4v) is 1.54. The van der Waals surface area contributed by atoms with Gasteiger partial charge < -0.3 is 4.90 Å². The summed E-state index contributed by atoms with van der Waals surface area (Å²) in [5.41, 5.74) is 4.18. The van der Waals surface area contributed by atoms with Crippen LogP contribution in [0.5, 0.6) is 0 Å². The summed E-state index contributed by atoms with van der Waals surface area (Å²) in [6, 6.07) is 6.48. The second-order valence-electron chi connectivity index (χ2n) is 3.31. The van der Waals surface area contributed by atoms with Gasteiger partial charge in [-0.3, -0.25) is 0 Å². The molecule has 0 saturated carbocycles. The van der Waals surface area contributed by atoms with Crippen molar-refractivity contribution in [3.63, 3.8) is 0 Å². The first kappa shape index (κ1) is 12.3. The molecule has 0 unspecified atom stereocenters. The Morgan fingerprint density at radius 2 is 1.85 bits per heavy atom. The Labute approximate surface area is 87.2 Å². The van der Waals surface area contributed by atoms with E-state index in [0.29, 0.717) is 0 Å². The van der Waals surface area contributed by atoms with Gasteiger partial charge in [-0.05, 0) is 30.5 Å². The first-order valence-electron chi connectivity index (χ1n) is 4.42. The van der Waals surface area contributed by atoms with Crippen LogP contribution in [0.2, 0.25) is 0 Å². The fraction of sp³-hybridized carbons (Fsp3) is 0.455. The smallest absolute Gasteiger partial charge is 0.0393 e. The monoisotopic (exact) mass is 199 g/mol. The molecule has 0 amide bonds. The summed E-state index contributed by atoms with van der Waals surface area (Å²) in [5.74, 6) is 0. The minimum atomic E-state index is 0. The number of halogens is 1. The van der Waals surface area contributed by atoms with Gasteiger partial charge in [0.2, 0.25) is 0 Å². The highest BCUT2D eigenvalue weighted by Gasteiger charge is 2.02. The molecule has 1 rings (SSSR count). The first-order valence-corrected chi connectivity index (χ1v) is 4.42. The average Bonchev–Trinajstić information content (AvgIpc) is 2.04. The summed E-state index contributed by atoms with van der Waals surface area (Å²) >= 11 is 0. The number of aryl methyl sites for hydroxylation is 1. The molecule has 13 heavy (non-hydrogen) atoms. The van der Waals surface area contributed by atoms with Gasteiger partial charge in [0, 0.05) is 19.8 Å². The Kier molecular flexibility index (Phi) is 4.86. The predicted octanol–water partition coefficient (Wildman–Crippen LogP) is 3.05. The Morgan fingerprint density at radius 3 is 2.31 bits per heavy atom. The highest BCUT2D eigenvalue weighted by Crippen LogP contribution is 2.21. The van der Waals surface area contributed by atoms with Crippen molar-refractivity contribution in [1.82, 2.24) is 0 Å². The van der Waals surface area contributed by atoms with E-state index in [0.717, 1.165) is 6.42 Å². The van der Waals surface area contributed by atoms with Crippen LogP contribution in [-0.2, 0) is 6.42 Å². The van der Waals surface area contributed by atoms with Crippen LogP contribution in [0.15, 0.2) is 18.2 Å². The molecule has 74 valence electrons. The molecule has 2 heteroatoms. The SMILES string of the molecule is CCc1cccc(N(C)C)c1C.Cl. The third-order valence-corrected chi connectivity index (χ3v) is 2.28. The third kappa shape index (κ3) is 2.63. The lowest BCUT2D eigenvalue weighted by molar-refractivity contribution is 1.06. The number of hydrogen-bond donors (Lipinski definition) is 0. The van der Waals surface area contributed by atoms with Crippen molar-refractivity contribution in [2.45, 2.75) is 20.3 Å². The van der Waals surface area contributed by atoms with E-state index in [2.05, 4.69) is 51.0 Å². The van der Waals surface area contributed by atoms with E-state index in [4.69, 9.17) is 0 Å². The topological polar surface area (TPSA) is 3.24 Å². The number of hydrogen-bond acceptors (Lipinski definition) is 1. The van der Waals surface area contributed by atoms with E-state index in [-0.39, 0.29) is 12.4 Å². The molecule has 0 aromatic heterocycles. The number of nitrogens with zero attached hydrogens (tertiary/aromatic N) is 1. The molecule has 0 bridgehead atoms. The van der Waals surface area contributed by atoms with Crippen LogP contribution in [0.1, 0.15) is 18.1 Å². The van der Waals surface area contributed by atoms with Crippen molar-refractivity contribution in [3.05, 3.63) is 29.3 Å². The van der Waals surface area contributed by atoms with Crippen molar-refractivity contribution in [2.75, 3.05) is 19.0 Å². The molecular formula is C11H18ClN. The number of rotatable bonds is 2. The number of benzene rings is 1. The molecule has 0 aliphatic rings. The molecule has 1 aromatic carbocycles. The van der Waals surface area contributed by atoms with Crippen LogP contribution in [0.3, 0.4) is 0 Å². The quantitative estimate of drug-likeness (QED) is 0.708. The van der Waals surface area contributed by atoms with Crippen molar-refractivity contribution in [2.24, 2.45) is 0 Å². The van der Waals surface area contributed by atoms with E-state index in [9.17, 15) is 0 Å². The molecule has 0 heterocycles. The molecule has 1 nitrogen and oxygen atoms in total. The first-order chi connectivity index (χ1) is 5.66. The van der Waals surface area contributed by atoms with Gasteiger partial charge in [-0.1, -0.05) is 19.1 Å². The molecule has 0 aliphatic heterocycles. The molecule has 1 aromatic rings. The fourth-order valence-electron chi connectivity index (χ4n) is 1.54. The molecule has 0 aliphatic carbocycles. The highest BCUT2D eigenvalue weighted by atomic mass is 35.5. The third-order valence-electron chi connectivity index (χ3n) is 2.28. The van der Waals surface area contributed by atoms with Crippen LogP contribution >= 0.6 is 12.4 Å². The maximum Gasteiger partial charge on any atom is 0.0393 e. The van der Waals surface area contributed by atoms with E-state index in [1.807, 2.05) is 0 Å². The second-order valence-corrected chi connectivity index (χ2v) is 3.31. The van der Waals surface area contributed by atoms with Gasteiger partial charge in [0.05, 0.1) is 0 Å². The standard InChI is InChI=1S/C11H17N.ClH/c1-5-10-7-6-8-11(9(10)2)12(3)4;/h6-8H,5H2,1-4H3;1H. The van der Waals surface area contributed by atoms with Gasteiger partial charge in [0.1, 0.15) is 0 Å². The van der Waals surface area contributed by atoms with E-state index in [1.165, 1.54) is 16.8 Å². The van der Waals surface area contributed by atoms with Crippen molar-refractivity contribution < 1.29 is 0 Å². The zero-order chi connectivity index (χ0) is 9.14. The lowest BCUT2D eigenvalue weighted by Gasteiger charge is -2.17. The van der Waals surface area contributed by atoms with Gasteiger partial charge >= 0.3 is 0 Å². The maximum absolute atomic E-state index is 2.20. The van der Waals surface area contributed by atoms with Crippen LogP contribution in [0, 0.1) is 6.92 Å². The van der Waals surface area contributed by atoms with Gasteiger partial charge in [0.25, 0.3) is 0 Å². The molecule has 0 saturated heterocycles.